The second-order valence-corrected chi connectivity index (χ2v) is 7.85. The maximum absolute atomic E-state index is 9.68. The molecule has 28 heavy (non-hydrogen) atoms. The third-order valence-corrected chi connectivity index (χ3v) is 5.53. The minimum absolute atomic E-state index is 0.270. The largest absolute Gasteiger partial charge is 0.508 e. The van der Waals surface area contributed by atoms with E-state index in [1.807, 2.05) is 38.1 Å². The van der Waals surface area contributed by atoms with E-state index in [0.717, 1.165) is 41.0 Å². The molecule has 1 aliphatic carbocycles. The van der Waals surface area contributed by atoms with Crippen molar-refractivity contribution in [3.8, 4) is 17.2 Å². The summed E-state index contributed by atoms with van der Waals surface area (Å²) in [7, 11) is 0. The highest BCUT2D eigenvalue weighted by Gasteiger charge is 2.24. The van der Waals surface area contributed by atoms with Gasteiger partial charge in [0.15, 0.2) is 0 Å². The lowest BCUT2D eigenvalue weighted by molar-refractivity contribution is 0.347. The van der Waals surface area contributed by atoms with Crippen LogP contribution in [0.25, 0.3) is 5.57 Å². The molecule has 4 rings (SSSR count). The van der Waals surface area contributed by atoms with Crippen LogP contribution >= 0.6 is 28.5 Å². The van der Waals surface area contributed by atoms with Crippen molar-refractivity contribution in [3.63, 3.8) is 0 Å². The van der Waals surface area contributed by atoms with E-state index in [1.165, 1.54) is 11.1 Å². The molecule has 5 heteroatoms. The monoisotopic (exact) mass is 506 g/mol. The van der Waals surface area contributed by atoms with Crippen LogP contribution in [0.1, 0.15) is 37.8 Å². The van der Waals surface area contributed by atoms with Crippen molar-refractivity contribution in [1.82, 2.24) is 0 Å². The van der Waals surface area contributed by atoms with Crippen LogP contribution in [0.15, 0.2) is 71.8 Å². The molecule has 0 saturated carbocycles. The van der Waals surface area contributed by atoms with Crippen molar-refractivity contribution < 1.29 is 14.4 Å². The fourth-order valence-corrected chi connectivity index (χ4v) is 4.32. The Bertz CT molecular complexity index is 914. The van der Waals surface area contributed by atoms with Gasteiger partial charge in [0.2, 0.25) is 0 Å². The summed E-state index contributed by atoms with van der Waals surface area (Å²) >= 11 is 2.21. The van der Waals surface area contributed by atoms with Gasteiger partial charge in [-0.15, -0.1) is 0 Å². The van der Waals surface area contributed by atoms with E-state index < -0.39 is 0 Å². The number of phenols is 1. The van der Waals surface area contributed by atoms with Gasteiger partial charge in [-0.1, -0.05) is 44.2 Å². The summed E-state index contributed by atoms with van der Waals surface area (Å²) < 4.78 is 11.7. The molecule has 0 saturated heterocycles. The lowest BCUT2D eigenvalue weighted by Gasteiger charge is -2.26. The van der Waals surface area contributed by atoms with Crippen LogP contribution in [0.3, 0.4) is 0 Å². The molecular formula is C23H24IO3P. The number of hydrogen-bond acceptors (Lipinski definition) is 3. The predicted octanol–water partition coefficient (Wildman–Crippen LogP) is 7.21. The molecule has 1 unspecified atom stereocenters. The van der Waals surface area contributed by atoms with Crippen molar-refractivity contribution in [2.75, 3.05) is 6.61 Å². The Kier molecular flexibility index (Phi) is 7.57. The molecule has 1 aliphatic heterocycles. The molecule has 2 aliphatic rings. The zero-order valence-corrected chi connectivity index (χ0v) is 19.2. The summed E-state index contributed by atoms with van der Waals surface area (Å²) in [5.74, 6) is 1.93. The van der Waals surface area contributed by atoms with Gasteiger partial charge in [0.05, 0.1) is 0 Å². The number of aromatic hydroxyl groups is 1. The van der Waals surface area contributed by atoms with E-state index >= 15 is 0 Å². The normalized spacial score (nSPS) is 15.5. The molecule has 0 bridgehead atoms. The van der Waals surface area contributed by atoms with Gasteiger partial charge in [-0.05, 0) is 75.9 Å². The third kappa shape index (κ3) is 4.61. The van der Waals surface area contributed by atoms with Crippen molar-refractivity contribution in [1.29, 1.82) is 0 Å². The Hall–Kier alpha value is -1.78. The highest BCUT2D eigenvalue weighted by Crippen LogP contribution is 2.43. The Balaban J connectivity index is 0.00000109. The molecule has 1 atom stereocenters. The molecule has 2 aromatic rings. The standard InChI is InChI=1S/C21H18IO3P.C2H6/c22-26-25-17-10-11-18-20(12-17)24-13-19(14-4-2-1-3-5-14)21(18)15-6-8-16(23)9-7-15;1-2/h2,4-12,23,26H,1,3,13H2;1-2H3. The SMILES string of the molecule is CC.Oc1ccc(C2=C(C3=CCCC=C3)COc3cc(OPI)ccc32)cc1. The number of halogens is 1. The number of allylic oxidation sites excluding steroid dienone is 3. The third-order valence-electron chi connectivity index (χ3n) is 4.55. The Morgan fingerprint density at radius 2 is 1.86 bits per heavy atom. The molecule has 3 nitrogen and oxygen atoms in total. The van der Waals surface area contributed by atoms with Gasteiger partial charge < -0.3 is 14.4 Å². The first-order chi connectivity index (χ1) is 13.8. The molecule has 0 fully saturated rings. The summed E-state index contributed by atoms with van der Waals surface area (Å²) in [6.07, 6.45) is 8.81. The topological polar surface area (TPSA) is 38.7 Å². The van der Waals surface area contributed by atoms with E-state index in [9.17, 15) is 5.11 Å². The number of benzene rings is 2. The molecule has 2 aromatic carbocycles. The average molecular weight is 506 g/mol. The minimum atomic E-state index is 0.270. The van der Waals surface area contributed by atoms with Crippen molar-refractivity contribution in [2.24, 2.45) is 0 Å². The van der Waals surface area contributed by atoms with E-state index in [1.54, 1.807) is 12.1 Å². The molecular weight excluding hydrogens is 482 g/mol. The number of fused-ring (bicyclic) bond motifs is 1. The first-order valence-electron chi connectivity index (χ1n) is 9.45. The van der Waals surface area contributed by atoms with Crippen LogP contribution < -0.4 is 9.26 Å². The van der Waals surface area contributed by atoms with Crippen LogP contribution in [-0.2, 0) is 0 Å². The molecule has 0 spiro atoms. The molecule has 0 radical (unpaired) electrons. The maximum Gasteiger partial charge on any atom is 0.137 e. The summed E-state index contributed by atoms with van der Waals surface area (Å²) in [4.78, 5) is 0. The van der Waals surface area contributed by atoms with Gasteiger partial charge in [0.1, 0.15) is 30.3 Å². The van der Waals surface area contributed by atoms with Crippen LogP contribution in [0, 0.1) is 0 Å². The number of hydrogen-bond donors (Lipinski definition) is 1. The second-order valence-electron chi connectivity index (χ2n) is 6.17. The van der Waals surface area contributed by atoms with Crippen molar-refractivity contribution in [3.05, 3.63) is 83.0 Å². The van der Waals surface area contributed by atoms with Gasteiger partial charge in [-0.25, -0.2) is 0 Å². The van der Waals surface area contributed by atoms with Gasteiger partial charge in [0, 0.05) is 17.2 Å². The molecule has 1 heterocycles. The number of ether oxygens (including phenoxy) is 1. The van der Waals surface area contributed by atoms with Gasteiger partial charge in [0.25, 0.3) is 0 Å². The lowest BCUT2D eigenvalue weighted by atomic mass is 9.86. The zero-order chi connectivity index (χ0) is 19.9. The molecule has 1 N–H and O–H groups in total. The van der Waals surface area contributed by atoms with Gasteiger partial charge in [-0.2, -0.15) is 0 Å². The van der Waals surface area contributed by atoms with E-state index in [0.29, 0.717) is 13.1 Å². The fourth-order valence-electron chi connectivity index (χ4n) is 3.34. The summed E-state index contributed by atoms with van der Waals surface area (Å²) in [5.41, 5.74) is 5.70. The fraction of sp³-hybridized carbons (Fsp3) is 0.217. The number of rotatable bonds is 4. The van der Waals surface area contributed by atoms with Crippen LogP contribution in [0.2, 0.25) is 0 Å². The van der Waals surface area contributed by atoms with Crippen LogP contribution in [0.4, 0.5) is 0 Å². The highest BCUT2D eigenvalue weighted by atomic mass is 127. The Morgan fingerprint density at radius 3 is 2.54 bits per heavy atom. The highest BCUT2D eigenvalue weighted by molar-refractivity contribution is 14.2. The second kappa shape index (κ2) is 10.1. The molecule has 146 valence electrons. The molecule has 0 aromatic heterocycles. The smallest absolute Gasteiger partial charge is 0.137 e. The summed E-state index contributed by atoms with van der Waals surface area (Å²) in [6.45, 7) is 4.89. The predicted molar refractivity (Wildman–Crippen MR) is 127 cm³/mol. The van der Waals surface area contributed by atoms with Gasteiger partial charge in [-0.3, -0.25) is 0 Å². The lowest BCUT2D eigenvalue weighted by Crippen LogP contribution is -2.14. The van der Waals surface area contributed by atoms with Crippen molar-refractivity contribution >= 4 is 34.1 Å². The van der Waals surface area contributed by atoms with E-state index in [-0.39, 0.29) is 5.75 Å². The van der Waals surface area contributed by atoms with E-state index in [2.05, 4.69) is 46.3 Å². The van der Waals surface area contributed by atoms with Gasteiger partial charge >= 0.3 is 0 Å². The molecule has 0 amide bonds. The Morgan fingerprint density at radius 1 is 1.07 bits per heavy atom. The number of phenolic OH excluding ortho intramolecular Hbond substituents is 1. The minimum Gasteiger partial charge on any atom is -0.508 e. The van der Waals surface area contributed by atoms with E-state index in [4.69, 9.17) is 9.26 Å². The first-order valence-corrected chi connectivity index (χ1v) is 13.5. The first kappa shape index (κ1) is 20.9. The Labute approximate surface area is 181 Å². The maximum atomic E-state index is 9.68. The summed E-state index contributed by atoms with van der Waals surface area (Å²) in [6, 6.07) is 13.4. The van der Waals surface area contributed by atoms with Crippen LogP contribution in [0.5, 0.6) is 17.2 Å². The zero-order valence-electron chi connectivity index (χ0n) is 16.0. The summed E-state index contributed by atoms with van der Waals surface area (Å²) in [5, 5.41) is 9.68. The quantitative estimate of drug-likeness (QED) is 0.352. The average Bonchev–Trinajstić information content (AvgIpc) is 2.76. The van der Waals surface area contributed by atoms with Crippen LogP contribution in [-0.4, -0.2) is 11.7 Å². The van der Waals surface area contributed by atoms with Crippen molar-refractivity contribution in [2.45, 2.75) is 26.7 Å².